The number of hydrogen-bond donors (Lipinski definition) is 0. The Morgan fingerprint density at radius 3 is 1.58 bits per heavy atom. The van der Waals surface area contributed by atoms with Gasteiger partial charge >= 0.3 is 19.5 Å². The number of allylic oxidation sites excluding steroid dienone is 1. The first kappa shape index (κ1) is 23.3. The normalized spacial score (nSPS) is 13.1. The summed E-state index contributed by atoms with van der Waals surface area (Å²) in [4.78, 5) is 23.3. The maximum Gasteiger partial charge on any atom is 0.359 e. The molecule has 0 atom stereocenters. The number of carbonyl (C=O) groups is 2. The summed E-state index contributed by atoms with van der Waals surface area (Å²) in [5.41, 5.74) is -1.41. The Bertz CT molecular complexity index is 467. The van der Waals surface area contributed by atoms with E-state index in [1.54, 1.807) is 41.5 Å². The smallest absolute Gasteiger partial charge is 0.359 e. The molecule has 0 saturated carbocycles. The van der Waals surface area contributed by atoms with Gasteiger partial charge in [-0.2, -0.15) is 0 Å². The van der Waals surface area contributed by atoms with E-state index in [9.17, 15) is 14.2 Å². The van der Waals surface area contributed by atoms with Crippen LogP contribution in [-0.2, 0) is 32.7 Å². The topological polar surface area (TPSA) is 88.1 Å². The van der Waals surface area contributed by atoms with E-state index in [2.05, 4.69) is 15.9 Å². The van der Waals surface area contributed by atoms with Crippen molar-refractivity contribution in [3.63, 3.8) is 0 Å². The molecule has 0 aliphatic rings. The predicted molar refractivity (Wildman–Crippen MR) is 93.5 cm³/mol. The van der Waals surface area contributed by atoms with E-state index in [-0.39, 0.29) is 0 Å². The van der Waals surface area contributed by atoms with Crippen molar-refractivity contribution in [2.24, 2.45) is 10.8 Å². The summed E-state index contributed by atoms with van der Waals surface area (Å²) in [7, 11) is -3.72. The monoisotopic (exact) mass is 428 g/mol. The highest BCUT2D eigenvalue weighted by molar-refractivity contribution is 9.09. The third-order valence-corrected chi connectivity index (χ3v) is 4.33. The predicted octanol–water partition coefficient (Wildman–Crippen LogP) is 4.21. The van der Waals surface area contributed by atoms with Crippen molar-refractivity contribution in [2.45, 2.75) is 41.5 Å². The summed E-state index contributed by atoms with van der Waals surface area (Å²) in [5.74, 6) is 0.202. The van der Waals surface area contributed by atoms with E-state index < -0.39 is 44.0 Å². The largest absolute Gasteiger partial charge is 0.438 e. The van der Waals surface area contributed by atoms with Gasteiger partial charge in [0.1, 0.15) is 0 Å². The number of hydrogen-bond acceptors (Lipinski definition) is 7. The van der Waals surface area contributed by atoms with E-state index in [4.69, 9.17) is 18.5 Å². The lowest BCUT2D eigenvalue weighted by molar-refractivity contribution is -0.161. The summed E-state index contributed by atoms with van der Waals surface area (Å²) < 4.78 is 32.4. The van der Waals surface area contributed by atoms with Gasteiger partial charge in [-0.1, -0.05) is 22.0 Å². The molecule has 0 spiro atoms. The number of ether oxygens (including phenoxy) is 2. The highest BCUT2D eigenvalue weighted by Gasteiger charge is 2.28. The number of alkyl halides is 1. The molecule has 0 amide bonds. The van der Waals surface area contributed by atoms with Crippen molar-refractivity contribution in [2.75, 3.05) is 18.9 Å². The van der Waals surface area contributed by atoms with E-state index in [1.165, 1.54) is 11.9 Å². The van der Waals surface area contributed by atoms with E-state index in [1.807, 2.05) is 0 Å². The van der Waals surface area contributed by atoms with Crippen LogP contribution in [-0.4, -0.2) is 30.9 Å². The summed E-state index contributed by atoms with van der Waals surface area (Å²) >= 11 is 3.15. The molecule has 0 aromatic heterocycles. The molecule has 0 aromatic rings. The number of esters is 2. The Balaban J connectivity index is 4.63. The quantitative estimate of drug-likeness (QED) is 0.247. The maximum atomic E-state index is 12.5. The Morgan fingerprint density at radius 1 is 0.917 bits per heavy atom. The van der Waals surface area contributed by atoms with Crippen LogP contribution in [0.2, 0.25) is 0 Å². The summed E-state index contributed by atoms with van der Waals surface area (Å²) in [6.07, 6.45) is 1.51. The van der Waals surface area contributed by atoms with Gasteiger partial charge in [-0.05, 0) is 41.5 Å². The minimum absolute atomic E-state index is 0.424. The zero-order chi connectivity index (χ0) is 19.0. The molecule has 24 heavy (non-hydrogen) atoms. The summed E-state index contributed by atoms with van der Waals surface area (Å²) in [5, 5.41) is 0.424. The molecule has 0 heterocycles. The van der Waals surface area contributed by atoms with E-state index in [0.29, 0.717) is 5.33 Å². The number of carbonyl (C=O) groups excluding carboxylic acids is 2. The Labute approximate surface area is 151 Å². The average molecular weight is 429 g/mol. The molecule has 0 fully saturated rings. The zero-order valence-electron chi connectivity index (χ0n) is 15.0. The van der Waals surface area contributed by atoms with Crippen molar-refractivity contribution < 1.29 is 32.7 Å². The second-order valence-corrected chi connectivity index (χ2v) is 9.48. The van der Waals surface area contributed by atoms with Gasteiger partial charge in [0.05, 0.1) is 10.8 Å². The van der Waals surface area contributed by atoms with Crippen molar-refractivity contribution in [3.8, 4) is 0 Å². The molecular weight excluding hydrogens is 403 g/mol. The average Bonchev–Trinajstić information content (AvgIpc) is 2.43. The Hall–Kier alpha value is -0.690. The SMILES string of the molecule is CC(C)(C)C(=O)OCOP(=O)(/C=C/CBr)OCOC(=O)C(C)(C)C. The molecule has 0 radical (unpaired) electrons. The molecular formula is C15H26BrO7P. The van der Waals surface area contributed by atoms with Crippen molar-refractivity contribution in [1.82, 2.24) is 0 Å². The first-order chi connectivity index (χ1) is 10.8. The fraction of sp³-hybridized carbons (Fsp3) is 0.733. The van der Waals surface area contributed by atoms with E-state index in [0.717, 1.165) is 0 Å². The van der Waals surface area contributed by atoms with Crippen molar-refractivity contribution >= 4 is 35.5 Å². The molecule has 9 heteroatoms. The minimum atomic E-state index is -3.72. The van der Waals surface area contributed by atoms with Gasteiger partial charge in [0.15, 0.2) is 0 Å². The van der Waals surface area contributed by atoms with Gasteiger partial charge < -0.3 is 9.47 Å². The third kappa shape index (κ3) is 9.57. The Morgan fingerprint density at radius 2 is 1.29 bits per heavy atom. The standard InChI is InChI=1S/C15H26BrO7P/c1-14(2,3)12(17)20-10-22-24(19,9-7-8-16)23-11-21-13(18)15(4,5)6/h7,9H,8,10-11H2,1-6H3/b9-7+. The fourth-order valence-electron chi connectivity index (χ4n) is 1.03. The van der Waals surface area contributed by atoms with Crippen LogP contribution in [0, 0.1) is 10.8 Å². The second kappa shape index (κ2) is 9.70. The first-order valence-corrected chi connectivity index (χ1v) is 10.0. The van der Waals surface area contributed by atoms with Gasteiger partial charge in [-0.25, -0.2) is 0 Å². The van der Waals surface area contributed by atoms with Crippen LogP contribution in [0.15, 0.2) is 11.9 Å². The molecule has 7 nitrogen and oxygen atoms in total. The minimum Gasteiger partial charge on any atom is -0.438 e. The van der Waals surface area contributed by atoms with Crippen LogP contribution in [0.3, 0.4) is 0 Å². The molecule has 0 rings (SSSR count). The van der Waals surface area contributed by atoms with Crippen LogP contribution in [0.1, 0.15) is 41.5 Å². The maximum absolute atomic E-state index is 12.5. The van der Waals surface area contributed by atoms with Crippen molar-refractivity contribution in [3.05, 3.63) is 11.9 Å². The second-order valence-electron chi connectivity index (χ2n) is 6.94. The van der Waals surface area contributed by atoms with E-state index >= 15 is 0 Å². The van der Waals surface area contributed by atoms with Gasteiger partial charge in [0.25, 0.3) is 0 Å². The summed E-state index contributed by atoms with van der Waals surface area (Å²) in [6, 6.07) is 0. The Kier molecular flexibility index (Phi) is 9.43. The van der Waals surface area contributed by atoms with Crippen LogP contribution in [0.25, 0.3) is 0 Å². The fourth-order valence-corrected chi connectivity index (χ4v) is 2.52. The molecule has 0 aromatic carbocycles. The van der Waals surface area contributed by atoms with Gasteiger partial charge in [0.2, 0.25) is 13.6 Å². The van der Waals surface area contributed by atoms with Gasteiger partial charge in [-0.3, -0.25) is 23.2 Å². The first-order valence-electron chi connectivity index (χ1n) is 7.29. The molecule has 0 aliphatic heterocycles. The lowest BCUT2D eigenvalue weighted by atomic mass is 9.98. The highest BCUT2D eigenvalue weighted by atomic mass is 79.9. The highest BCUT2D eigenvalue weighted by Crippen LogP contribution is 2.49. The molecule has 0 N–H and O–H groups in total. The lowest BCUT2D eigenvalue weighted by Crippen LogP contribution is -2.24. The molecule has 0 aliphatic carbocycles. The molecule has 140 valence electrons. The van der Waals surface area contributed by atoms with Gasteiger partial charge in [-0.15, -0.1) is 0 Å². The van der Waals surface area contributed by atoms with Crippen molar-refractivity contribution in [1.29, 1.82) is 0 Å². The van der Waals surface area contributed by atoms with Crippen LogP contribution >= 0.6 is 23.5 Å². The lowest BCUT2D eigenvalue weighted by Gasteiger charge is -2.20. The molecule has 0 saturated heterocycles. The molecule has 0 unspecified atom stereocenters. The van der Waals surface area contributed by atoms with Crippen LogP contribution in [0.5, 0.6) is 0 Å². The van der Waals surface area contributed by atoms with Crippen LogP contribution in [0.4, 0.5) is 0 Å². The number of rotatable bonds is 8. The third-order valence-electron chi connectivity index (χ3n) is 2.45. The zero-order valence-corrected chi connectivity index (χ0v) is 17.4. The molecule has 0 bridgehead atoms. The summed E-state index contributed by atoms with van der Waals surface area (Å²) in [6.45, 7) is 9.03. The number of halogens is 1. The van der Waals surface area contributed by atoms with Crippen LogP contribution < -0.4 is 0 Å². The van der Waals surface area contributed by atoms with Gasteiger partial charge in [0, 0.05) is 11.1 Å².